The molecule has 0 bridgehead atoms. The predicted octanol–water partition coefficient (Wildman–Crippen LogP) is 4.71. The van der Waals surface area contributed by atoms with E-state index in [9.17, 15) is 22.0 Å². The van der Waals surface area contributed by atoms with E-state index in [1.807, 2.05) is 0 Å². The number of amides is 1. The van der Waals surface area contributed by atoms with Crippen LogP contribution in [0.1, 0.15) is 21.5 Å². The number of benzene rings is 4. The minimum atomic E-state index is -4.38. The summed E-state index contributed by atoms with van der Waals surface area (Å²) in [5.41, 5.74) is 6.96. The maximum atomic E-state index is 13.6. The minimum absolute atomic E-state index is 0.109. The molecule has 0 fully saturated rings. The number of hydrogen-bond donors (Lipinski definition) is 2. The largest absolute Gasteiger partial charge is 0.454 e. The zero-order valence-corrected chi connectivity index (χ0v) is 20.3. The van der Waals surface area contributed by atoms with Crippen molar-refractivity contribution in [2.24, 2.45) is 10.9 Å². The number of primary sulfonamides is 1. The van der Waals surface area contributed by atoms with Crippen LogP contribution in [0.4, 0.5) is 14.5 Å². The topological polar surface area (TPSA) is 116 Å². The summed E-state index contributed by atoms with van der Waals surface area (Å²) in [6.45, 7) is 0.296. The fourth-order valence-corrected chi connectivity index (χ4v) is 4.43. The van der Waals surface area contributed by atoms with Gasteiger partial charge >= 0.3 is 0 Å². The van der Waals surface area contributed by atoms with E-state index in [0.717, 1.165) is 6.07 Å². The summed E-state index contributed by atoms with van der Waals surface area (Å²) in [5, 5.41) is 5.53. The van der Waals surface area contributed by atoms with Crippen molar-refractivity contribution in [1.82, 2.24) is 0 Å². The second-order valence-corrected chi connectivity index (χ2v) is 9.79. The minimum Gasteiger partial charge on any atom is -0.454 e. The second-order valence-electron chi connectivity index (χ2n) is 8.26. The number of hydrogen-bond acceptors (Lipinski definition) is 5. The van der Waals surface area contributed by atoms with E-state index in [4.69, 9.17) is 15.6 Å². The van der Waals surface area contributed by atoms with Crippen LogP contribution >= 0.6 is 0 Å². The summed E-state index contributed by atoms with van der Waals surface area (Å²) in [4.78, 5) is 13.4. The van der Waals surface area contributed by atoms with Crippen LogP contribution in [0.5, 0.6) is 11.5 Å². The van der Waals surface area contributed by atoms with E-state index in [2.05, 4.69) is 0 Å². The summed E-state index contributed by atoms with van der Waals surface area (Å²) >= 11 is 0. The van der Waals surface area contributed by atoms with Gasteiger partial charge in [-0.05, 0) is 59.7 Å². The second kappa shape index (κ2) is 10.8. The van der Waals surface area contributed by atoms with Gasteiger partial charge in [0.15, 0.2) is 5.75 Å². The van der Waals surface area contributed by atoms with Crippen molar-refractivity contribution in [2.75, 3.05) is 4.90 Å². The number of para-hydroxylation sites is 1. The lowest BCUT2D eigenvalue weighted by atomic mass is 10.1. The first kappa shape index (κ1) is 25.8. The molecule has 4 aromatic rings. The lowest BCUT2D eigenvalue weighted by Crippen LogP contribution is -2.25. The molecule has 7 nitrogen and oxygen atoms in total. The molecule has 0 heterocycles. The number of halogens is 2. The van der Waals surface area contributed by atoms with Crippen LogP contribution in [0.3, 0.4) is 0 Å². The van der Waals surface area contributed by atoms with Gasteiger partial charge in [-0.3, -0.25) is 4.79 Å². The van der Waals surface area contributed by atoms with Gasteiger partial charge in [0.25, 0.3) is 0 Å². The third kappa shape index (κ3) is 6.49. The summed E-state index contributed by atoms with van der Waals surface area (Å²) in [7, 11) is -4.38. The molecule has 1 amide bonds. The van der Waals surface area contributed by atoms with Gasteiger partial charge in [-0.1, -0.05) is 42.5 Å². The van der Waals surface area contributed by atoms with Crippen molar-refractivity contribution < 1.29 is 26.7 Å². The molecular formula is C27H23F2N3O4S. The molecule has 0 spiro atoms. The van der Waals surface area contributed by atoms with E-state index in [0.29, 0.717) is 16.9 Å². The van der Waals surface area contributed by atoms with Gasteiger partial charge in [0.1, 0.15) is 22.3 Å². The molecule has 0 radical (unpaired) electrons. The highest BCUT2D eigenvalue weighted by Gasteiger charge is 2.26. The van der Waals surface area contributed by atoms with E-state index in [1.165, 1.54) is 30.3 Å². The average molecular weight is 524 g/mol. The monoisotopic (exact) mass is 523 g/mol. The smallest absolute Gasteiger partial charge is 0.248 e. The van der Waals surface area contributed by atoms with Crippen molar-refractivity contribution in [3.05, 3.63) is 119 Å². The molecule has 0 aromatic heterocycles. The van der Waals surface area contributed by atoms with Crippen molar-refractivity contribution in [3.63, 3.8) is 0 Å². The zero-order chi connectivity index (χ0) is 26.6. The Kier molecular flexibility index (Phi) is 7.51. The molecule has 0 unspecified atom stereocenters. The zero-order valence-electron chi connectivity index (χ0n) is 19.5. The van der Waals surface area contributed by atoms with E-state index in [-0.39, 0.29) is 30.1 Å². The van der Waals surface area contributed by atoms with Crippen LogP contribution in [-0.4, -0.2) is 14.3 Å². The molecular weight excluding hydrogens is 500 g/mol. The van der Waals surface area contributed by atoms with Crippen LogP contribution in [0.25, 0.3) is 0 Å². The molecule has 37 heavy (non-hydrogen) atoms. The van der Waals surface area contributed by atoms with Crippen LogP contribution in [0.2, 0.25) is 0 Å². The van der Waals surface area contributed by atoms with E-state index < -0.39 is 32.5 Å². The number of carbonyl (C=O) groups excluding carboxylic acids is 1. The molecule has 0 atom stereocenters. The highest BCUT2D eigenvalue weighted by molar-refractivity contribution is 7.89. The van der Waals surface area contributed by atoms with Gasteiger partial charge in [-0.15, -0.1) is 0 Å². The molecule has 0 aliphatic heterocycles. The predicted molar refractivity (Wildman–Crippen MR) is 136 cm³/mol. The number of ether oxygens (including phenoxy) is 1. The SMILES string of the molecule is NC(=O)c1cc(N(Cc2ccc(F)cc2)Cc2ccc(F)cc2)c(Oc2ccccc2)c(S(N)(=O)=O)c1. The first-order valence-electron chi connectivity index (χ1n) is 11.1. The lowest BCUT2D eigenvalue weighted by Gasteiger charge is -2.28. The fraction of sp³-hybridized carbons (Fsp3) is 0.0741. The molecule has 4 aromatic carbocycles. The quantitative estimate of drug-likeness (QED) is 0.330. The van der Waals surface area contributed by atoms with Gasteiger partial charge in [-0.25, -0.2) is 22.3 Å². The van der Waals surface area contributed by atoms with Crippen molar-refractivity contribution in [2.45, 2.75) is 18.0 Å². The third-order valence-corrected chi connectivity index (χ3v) is 6.42. The third-order valence-electron chi connectivity index (χ3n) is 5.50. The van der Waals surface area contributed by atoms with E-state index >= 15 is 0 Å². The number of primary amides is 1. The van der Waals surface area contributed by atoms with Crippen LogP contribution in [-0.2, 0) is 23.1 Å². The van der Waals surface area contributed by atoms with Crippen molar-refractivity contribution in [3.8, 4) is 11.5 Å². The van der Waals surface area contributed by atoms with E-state index in [1.54, 1.807) is 59.5 Å². The highest BCUT2D eigenvalue weighted by atomic mass is 32.2. The molecule has 0 saturated carbocycles. The Morgan fingerprint density at radius 3 is 1.78 bits per heavy atom. The summed E-state index contributed by atoms with van der Waals surface area (Å²) < 4.78 is 58.4. The number of nitrogens with zero attached hydrogens (tertiary/aromatic N) is 1. The van der Waals surface area contributed by atoms with Gasteiger partial charge in [0.2, 0.25) is 15.9 Å². The Labute approximate surface area is 213 Å². The van der Waals surface area contributed by atoms with Crippen LogP contribution in [0, 0.1) is 11.6 Å². The standard InChI is InChI=1S/C27H23F2N3O4S/c28-21-10-6-18(7-11-21)16-32(17-19-8-12-22(29)13-9-19)24-14-20(27(30)33)15-25(37(31,34)35)26(24)36-23-4-2-1-3-5-23/h1-15H,16-17H2,(H2,30,33)(H2,31,34,35). The van der Waals surface area contributed by atoms with Crippen LogP contribution < -0.4 is 20.5 Å². The maximum absolute atomic E-state index is 13.6. The Hall–Kier alpha value is -4.28. The molecule has 0 saturated heterocycles. The number of anilines is 1. The molecule has 190 valence electrons. The Balaban J connectivity index is 1.93. The first-order chi connectivity index (χ1) is 17.6. The molecule has 4 N–H and O–H groups in total. The normalized spacial score (nSPS) is 11.2. The Morgan fingerprint density at radius 1 is 0.811 bits per heavy atom. The fourth-order valence-electron chi connectivity index (χ4n) is 3.73. The number of sulfonamides is 1. The summed E-state index contributed by atoms with van der Waals surface area (Å²) in [6, 6.07) is 22.4. The maximum Gasteiger partial charge on any atom is 0.248 e. The van der Waals surface area contributed by atoms with Crippen LogP contribution in [0.15, 0.2) is 95.9 Å². The average Bonchev–Trinajstić information content (AvgIpc) is 2.86. The molecule has 0 aliphatic carbocycles. The lowest BCUT2D eigenvalue weighted by molar-refractivity contribution is 0.1000. The van der Waals surface area contributed by atoms with Gasteiger partial charge < -0.3 is 15.4 Å². The Bertz CT molecular complexity index is 1460. The molecule has 4 rings (SSSR count). The molecule has 0 aliphatic rings. The summed E-state index contributed by atoms with van der Waals surface area (Å²) in [5.74, 6) is -1.52. The number of rotatable bonds is 9. The number of nitrogens with two attached hydrogens (primary N) is 2. The van der Waals surface area contributed by atoms with Gasteiger partial charge in [-0.2, -0.15) is 0 Å². The van der Waals surface area contributed by atoms with Crippen molar-refractivity contribution in [1.29, 1.82) is 0 Å². The summed E-state index contributed by atoms with van der Waals surface area (Å²) in [6.07, 6.45) is 0. The van der Waals surface area contributed by atoms with Gasteiger partial charge in [0, 0.05) is 18.7 Å². The number of carbonyl (C=O) groups is 1. The Morgan fingerprint density at radius 2 is 1.32 bits per heavy atom. The molecule has 10 heteroatoms. The van der Waals surface area contributed by atoms with Gasteiger partial charge in [0.05, 0.1) is 5.69 Å². The van der Waals surface area contributed by atoms with Crippen molar-refractivity contribution >= 4 is 21.6 Å². The first-order valence-corrected chi connectivity index (χ1v) is 12.6. The highest BCUT2D eigenvalue weighted by Crippen LogP contribution is 2.40.